The summed E-state index contributed by atoms with van der Waals surface area (Å²) in [4.78, 5) is 0. The lowest BCUT2D eigenvalue weighted by Crippen LogP contribution is -2.20. The van der Waals surface area contributed by atoms with Gasteiger partial charge in [0.25, 0.3) is 0 Å². The fourth-order valence-corrected chi connectivity index (χ4v) is 2.73. The van der Waals surface area contributed by atoms with Gasteiger partial charge in [-0.15, -0.1) is 0 Å². The predicted octanol–water partition coefficient (Wildman–Crippen LogP) is 1.10. The molecule has 1 spiro atoms. The quantitative estimate of drug-likeness (QED) is 0.783. The molecule has 4 nitrogen and oxygen atoms in total. The number of nitrogens with one attached hydrogen (secondary N) is 1. The maximum Gasteiger partial charge on any atom is 0.142 e. The van der Waals surface area contributed by atoms with E-state index in [1.807, 2.05) is 12.1 Å². The minimum Gasteiger partial charge on any atom is -0.496 e. The number of methoxy groups -OCH3 is 2. The van der Waals surface area contributed by atoms with Crippen LogP contribution in [0.3, 0.4) is 0 Å². The van der Waals surface area contributed by atoms with Gasteiger partial charge in [0.15, 0.2) is 0 Å². The molecule has 2 atom stereocenters. The van der Waals surface area contributed by atoms with Gasteiger partial charge in [-0.3, -0.25) is 0 Å². The zero-order valence-electron chi connectivity index (χ0n) is 9.54. The molecule has 1 aliphatic carbocycles. The first kappa shape index (κ1) is 9.78. The van der Waals surface area contributed by atoms with Gasteiger partial charge >= 0.3 is 0 Å². The highest BCUT2D eigenvalue weighted by molar-refractivity contribution is 5.75. The van der Waals surface area contributed by atoms with Gasteiger partial charge in [-0.1, -0.05) is 0 Å². The number of anilines is 1. The normalized spacial score (nSPS) is 29.8. The number of rotatable bonds is 2. The van der Waals surface area contributed by atoms with Crippen LogP contribution in [0.1, 0.15) is 12.0 Å². The Balaban J connectivity index is 2.19. The zero-order valence-corrected chi connectivity index (χ0v) is 9.54. The number of hydrogen-bond donors (Lipinski definition) is 2. The molecule has 3 rings (SSSR count). The van der Waals surface area contributed by atoms with Gasteiger partial charge < -0.3 is 20.5 Å². The molecule has 0 amide bonds. The minimum atomic E-state index is 0.0786. The number of ether oxygens (including phenoxy) is 2. The van der Waals surface area contributed by atoms with Gasteiger partial charge in [0, 0.05) is 23.6 Å². The molecule has 16 heavy (non-hydrogen) atoms. The van der Waals surface area contributed by atoms with Gasteiger partial charge in [-0.05, 0) is 18.6 Å². The van der Waals surface area contributed by atoms with Gasteiger partial charge in [-0.2, -0.15) is 0 Å². The van der Waals surface area contributed by atoms with Crippen LogP contribution in [0, 0.1) is 0 Å². The molecule has 0 aromatic heterocycles. The summed E-state index contributed by atoms with van der Waals surface area (Å²) in [5, 5.41) is 3.39. The summed E-state index contributed by atoms with van der Waals surface area (Å²) < 4.78 is 10.8. The second-order valence-corrected chi connectivity index (χ2v) is 4.54. The Morgan fingerprint density at radius 1 is 1.31 bits per heavy atom. The second kappa shape index (κ2) is 3.04. The van der Waals surface area contributed by atoms with Crippen molar-refractivity contribution in [3.05, 3.63) is 17.7 Å². The summed E-state index contributed by atoms with van der Waals surface area (Å²) in [6, 6.07) is 4.12. The van der Waals surface area contributed by atoms with Crippen molar-refractivity contribution < 1.29 is 9.47 Å². The third kappa shape index (κ3) is 1.02. The summed E-state index contributed by atoms with van der Waals surface area (Å²) in [6.45, 7) is 0.889. The van der Waals surface area contributed by atoms with Crippen molar-refractivity contribution >= 4 is 5.69 Å². The molecule has 86 valence electrons. The highest BCUT2D eigenvalue weighted by Gasteiger charge is 2.58. The molecule has 1 aliphatic heterocycles. The lowest BCUT2D eigenvalue weighted by Gasteiger charge is -2.14. The summed E-state index contributed by atoms with van der Waals surface area (Å²) in [5.41, 5.74) is 8.38. The van der Waals surface area contributed by atoms with E-state index < -0.39 is 0 Å². The standard InChI is InChI=1S/C12H16N2O2/c1-15-7-3-4-8(16-2)11-10(7)12(6-14-11)5-9(12)13/h3-4,9,14H,5-6,13H2,1-2H3. The summed E-state index contributed by atoms with van der Waals surface area (Å²) >= 11 is 0. The molecule has 2 aliphatic rings. The zero-order chi connectivity index (χ0) is 11.3. The molecule has 1 heterocycles. The van der Waals surface area contributed by atoms with Gasteiger partial charge in [0.05, 0.1) is 19.9 Å². The third-order valence-corrected chi connectivity index (χ3v) is 3.78. The van der Waals surface area contributed by atoms with Crippen molar-refractivity contribution in [1.29, 1.82) is 0 Å². The van der Waals surface area contributed by atoms with Crippen LogP contribution in [0.15, 0.2) is 12.1 Å². The highest BCUT2D eigenvalue weighted by atomic mass is 16.5. The van der Waals surface area contributed by atoms with Crippen molar-refractivity contribution in [2.45, 2.75) is 17.9 Å². The smallest absolute Gasteiger partial charge is 0.142 e. The Bertz CT molecular complexity index is 447. The first-order valence-corrected chi connectivity index (χ1v) is 5.48. The van der Waals surface area contributed by atoms with E-state index in [2.05, 4.69) is 5.32 Å². The maximum atomic E-state index is 6.06. The third-order valence-electron chi connectivity index (χ3n) is 3.78. The summed E-state index contributed by atoms with van der Waals surface area (Å²) in [5.74, 6) is 1.78. The van der Waals surface area contributed by atoms with Crippen molar-refractivity contribution in [3.63, 3.8) is 0 Å². The molecule has 4 heteroatoms. The van der Waals surface area contributed by atoms with Gasteiger partial charge in [0.2, 0.25) is 0 Å². The number of benzene rings is 1. The molecular formula is C12H16N2O2. The monoisotopic (exact) mass is 220 g/mol. The Hall–Kier alpha value is -1.42. The van der Waals surface area contributed by atoms with Crippen molar-refractivity contribution in [3.8, 4) is 11.5 Å². The highest BCUT2D eigenvalue weighted by Crippen LogP contribution is 2.58. The van der Waals surface area contributed by atoms with E-state index >= 15 is 0 Å². The molecule has 0 saturated heterocycles. The number of hydrogen-bond acceptors (Lipinski definition) is 4. The Kier molecular flexibility index (Phi) is 1.86. The molecule has 2 unspecified atom stereocenters. The molecule has 1 fully saturated rings. The predicted molar refractivity (Wildman–Crippen MR) is 62.3 cm³/mol. The van der Waals surface area contributed by atoms with E-state index in [4.69, 9.17) is 15.2 Å². The van der Waals surface area contributed by atoms with Crippen LogP contribution in [-0.2, 0) is 5.41 Å². The first-order chi connectivity index (χ1) is 7.73. The average Bonchev–Trinajstić information content (AvgIpc) is 2.78. The number of nitrogens with two attached hydrogens (primary N) is 1. The summed E-state index contributed by atoms with van der Waals surface area (Å²) in [7, 11) is 3.38. The average molecular weight is 220 g/mol. The Labute approximate surface area is 94.7 Å². The minimum absolute atomic E-state index is 0.0786. The van der Waals surface area contributed by atoms with E-state index in [1.54, 1.807) is 14.2 Å². The van der Waals surface area contributed by atoms with Crippen LogP contribution in [0.5, 0.6) is 11.5 Å². The molecule has 1 aromatic rings. The van der Waals surface area contributed by atoms with Crippen molar-refractivity contribution in [2.75, 3.05) is 26.1 Å². The molecule has 0 bridgehead atoms. The van der Waals surface area contributed by atoms with E-state index in [-0.39, 0.29) is 11.5 Å². The fraction of sp³-hybridized carbons (Fsp3) is 0.500. The van der Waals surface area contributed by atoms with E-state index in [9.17, 15) is 0 Å². The SMILES string of the molecule is COc1ccc(OC)c2c1NCC21CC1N. The van der Waals surface area contributed by atoms with Gasteiger partial charge in [-0.25, -0.2) is 0 Å². The summed E-state index contributed by atoms with van der Waals surface area (Å²) in [6.07, 6.45) is 1.02. The van der Waals surface area contributed by atoms with E-state index in [1.165, 1.54) is 5.56 Å². The first-order valence-electron chi connectivity index (χ1n) is 5.48. The molecule has 0 radical (unpaired) electrons. The lowest BCUT2D eigenvalue weighted by molar-refractivity contribution is 0.399. The van der Waals surface area contributed by atoms with E-state index in [0.29, 0.717) is 0 Å². The van der Waals surface area contributed by atoms with Crippen molar-refractivity contribution in [1.82, 2.24) is 0 Å². The maximum absolute atomic E-state index is 6.06. The van der Waals surface area contributed by atoms with Crippen LogP contribution < -0.4 is 20.5 Å². The van der Waals surface area contributed by atoms with Crippen LogP contribution >= 0.6 is 0 Å². The largest absolute Gasteiger partial charge is 0.496 e. The van der Waals surface area contributed by atoms with Crippen LogP contribution in [-0.4, -0.2) is 26.8 Å². The number of fused-ring (bicyclic) bond motifs is 2. The lowest BCUT2D eigenvalue weighted by atomic mass is 9.96. The Morgan fingerprint density at radius 2 is 1.94 bits per heavy atom. The molecule has 3 N–H and O–H groups in total. The van der Waals surface area contributed by atoms with Gasteiger partial charge in [0.1, 0.15) is 11.5 Å². The van der Waals surface area contributed by atoms with E-state index in [0.717, 1.165) is 30.2 Å². The molecule has 1 saturated carbocycles. The fourth-order valence-electron chi connectivity index (χ4n) is 2.73. The topological polar surface area (TPSA) is 56.5 Å². The molecular weight excluding hydrogens is 204 g/mol. The Morgan fingerprint density at radius 3 is 2.50 bits per heavy atom. The molecule has 1 aromatic carbocycles. The van der Waals surface area contributed by atoms with Crippen LogP contribution in [0.2, 0.25) is 0 Å². The van der Waals surface area contributed by atoms with Crippen LogP contribution in [0.4, 0.5) is 5.69 Å². The van der Waals surface area contributed by atoms with Crippen LogP contribution in [0.25, 0.3) is 0 Å². The second-order valence-electron chi connectivity index (χ2n) is 4.54. The van der Waals surface area contributed by atoms with Crippen molar-refractivity contribution in [2.24, 2.45) is 5.73 Å².